The summed E-state index contributed by atoms with van der Waals surface area (Å²) in [6.45, 7) is 1.77. The normalized spacial score (nSPS) is 22.1. The van der Waals surface area contributed by atoms with Crippen LogP contribution >= 0.6 is 0 Å². The van der Waals surface area contributed by atoms with E-state index < -0.39 is 11.6 Å². The molecule has 0 unspecified atom stereocenters. The van der Waals surface area contributed by atoms with Gasteiger partial charge in [-0.3, -0.25) is 0 Å². The van der Waals surface area contributed by atoms with Crippen LogP contribution in [0.1, 0.15) is 38.5 Å². The van der Waals surface area contributed by atoms with Crippen molar-refractivity contribution in [1.82, 2.24) is 0 Å². The molecule has 2 fully saturated rings. The topological polar surface area (TPSA) is 29.3 Å². The highest BCUT2D eigenvalue weighted by Crippen LogP contribution is 2.45. The maximum Gasteiger partial charge on any atom is 0.149 e. The number of hydrogen-bond donors (Lipinski definition) is 1. The van der Waals surface area contributed by atoms with Gasteiger partial charge in [0.05, 0.1) is 11.4 Å². The van der Waals surface area contributed by atoms with Gasteiger partial charge in [-0.2, -0.15) is 0 Å². The fraction of sp³-hybridized carbons (Fsp3) is 0.600. The zero-order valence-corrected chi connectivity index (χ0v) is 11.1. The van der Waals surface area contributed by atoms with Crippen LogP contribution in [0.3, 0.4) is 0 Å². The summed E-state index contributed by atoms with van der Waals surface area (Å²) in [5, 5.41) is 0. The van der Waals surface area contributed by atoms with Crippen LogP contribution in [0, 0.1) is 17.0 Å². The molecule has 0 bridgehead atoms. The van der Waals surface area contributed by atoms with E-state index in [0.717, 1.165) is 19.2 Å². The molecule has 0 radical (unpaired) electrons. The Morgan fingerprint density at radius 2 is 1.58 bits per heavy atom. The molecule has 19 heavy (non-hydrogen) atoms. The fourth-order valence-electron chi connectivity index (χ4n) is 3.52. The van der Waals surface area contributed by atoms with Crippen molar-refractivity contribution in [3.05, 3.63) is 23.8 Å². The number of rotatable bonds is 1. The molecule has 1 aromatic rings. The molecule has 0 atom stereocenters. The molecule has 1 saturated heterocycles. The summed E-state index contributed by atoms with van der Waals surface area (Å²) < 4.78 is 27.0. The lowest BCUT2D eigenvalue weighted by Gasteiger charge is -2.51. The van der Waals surface area contributed by atoms with E-state index in [4.69, 9.17) is 5.73 Å². The third-order valence-electron chi connectivity index (χ3n) is 4.62. The molecule has 1 spiro atoms. The first-order valence-electron chi connectivity index (χ1n) is 7.09. The Bertz CT molecular complexity index is 471. The van der Waals surface area contributed by atoms with Gasteiger partial charge in [0.15, 0.2) is 0 Å². The van der Waals surface area contributed by atoms with Crippen molar-refractivity contribution in [3.8, 4) is 0 Å². The largest absolute Gasteiger partial charge is 0.396 e. The number of halogens is 2. The Hall–Kier alpha value is -1.32. The lowest BCUT2D eigenvalue weighted by Crippen LogP contribution is -2.56. The lowest BCUT2D eigenvalue weighted by atomic mass is 9.73. The SMILES string of the molecule is Nc1cc(N2CC3(CCCCCC3)C2)c(F)cc1F. The van der Waals surface area contributed by atoms with Gasteiger partial charge in [-0.25, -0.2) is 8.78 Å². The second kappa shape index (κ2) is 4.66. The van der Waals surface area contributed by atoms with Crippen LogP contribution in [0.5, 0.6) is 0 Å². The molecule has 1 saturated carbocycles. The Morgan fingerprint density at radius 3 is 2.21 bits per heavy atom. The minimum absolute atomic E-state index is 0.0261. The molecule has 2 N–H and O–H groups in total. The van der Waals surface area contributed by atoms with Crippen molar-refractivity contribution in [2.45, 2.75) is 38.5 Å². The van der Waals surface area contributed by atoms with Gasteiger partial charge >= 0.3 is 0 Å². The minimum atomic E-state index is -0.675. The Balaban J connectivity index is 1.74. The minimum Gasteiger partial charge on any atom is -0.396 e. The van der Waals surface area contributed by atoms with Crippen molar-refractivity contribution in [2.75, 3.05) is 23.7 Å². The van der Waals surface area contributed by atoms with Gasteiger partial charge in [0.25, 0.3) is 0 Å². The highest BCUT2D eigenvalue weighted by Gasteiger charge is 2.43. The molecule has 1 heterocycles. The van der Waals surface area contributed by atoms with E-state index in [2.05, 4.69) is 0 Å². The Labute approximate surface area is 112 Å². The van der Waals surface area contributed by atoms with E-state index in [1.54, 1.807) is 0 Å². The van der Waals surface area contributed by atoms with Crippen LogP contribution in [-0.4, -0.2) is 13.1 Å². The molecule has 0 amide bonds. The van der Waals surface area contributed by atoms with E-state index in [0.29, 0.717) is 11.1 Å². The van der Waals surface area contributed by atoms with Crippen molar-refractivity contribution >= 4 is 11.4 Å². The highest BCUT2D eigenvalue weighted by molar-refractivity contribution is 5.59. The zero-order valence-electron chi connectivity index (χ0n) is 11.1. The maximum atomic E-state index is 13.8. The molecule has 2 aliphatic rings. The number of nitrogen functional groups attached to an aromatic ring is 1. The van der Waals surface area contributed by atoms with Gasteiger partial charge in [0.2, 0.25) is 0 Å². The lowest BCUT2D eigenvalue weighted by molar-refractivity contribution is 0.179. The van der Waals surface area contributed by atoms with Crippen molar-refractivity contribution in [2.24, 2.45) is 5.41 Å². The molecular weight excluding hydrogens is 246 g/mol. The van der Waals surface area contributed by atoms with Crippen LogP contribution in [0.25, 0.3) is 0 Å². The Kier molecular flexibility index (Phi) is 3.11. The van der Waals surface area contributed by atoms with Crippen LogP contribution in [0.2, 0.25) is 0 Å². The molecule has 1 aliphatic heterocycles. The van der Waals surface area contributed by atoms with Crippen molar-refractivity contribution in [3.63, 3.8) is 0 Å². The fourth-order valence-corrected chi connectivity index (χ4v) is 3.52. The first-order chi connectivity index (χ1) is 9.10. The predicted molar refractivity (Wildman–Crippen MR) is 73.1 cm³/mol. The number of anilines is 2. The first kappa shape index (κ1) is 12.7. The average Bonchev–Trinajstić information content (AvgIpc) is 2.58. The van der Waals surface area contributed by atoms with Crippen molar-refractivity contribution < 1.29 is 8.78 Å². The van der Waals surface area contributed by atoms with Crippen molar-refractivity contribution in [1.29, 1.82) is 0 Å². The molecule has 1 aliphatic carbocycles. The third-order valence-corrected chi connectivity index (χ3v) is 4.62. The van der Waals surface area contributed by atoms with E-state index in [-0.39, 0.29) is 5.69 Å². The molecule has 4 heteroatoms. The van der Waals surface area contributed by atoms with Gasteiger partial charge in [-0.15, -0.1) is 0 Å². The second-order valence-electron chi connectivity index (χ2n) is 6.10. The van der Waals surface area contributed by atoms with Crippen LogP contribution < -0.4 is 10.6 Å². The van der Waals surface area contributed by atoms with E-state index >= 15 is 0 Å². The molecule has 2 nitrogen and oxygen atoms in total. The first-order valence-corrected chi connectivity index (χ1v) is 7.09. The second-order valence-corrected chi connectivity index (χ2v) is 6.10. The Morgan fingerprint density at radius 1 is 0.947 bits per heavy atom. The molecule has 1 aromatic carbocycles. The maximum absolute atomic E-state index is 13.8. The summed E-state index contributed by atoms with van der Waals surface area (Å²) in [6.07, 6.45) is 7.67. The number of nitrogens with zero attached hydrogens (tertiary/aromatic N) is 1. The van der Waals surface area contributed by atoms with E-state index in [1.807, 2.05) is 4.90 Å². The number of nitrogens with two attached hydrogens (primary N) is 1. The monoisotopic (exact) mass is 266 g/mol. The standard InChI is InChI=1S/C15H20F2N2/c16-11-7-12(17)14(8-13(11)18)19-9-15(10-19)5-3-1-2-4-6-15/h7-8H,1-6,9-10,18H2. The van der Waals surface area contributed by atoms with Gasteiger partial charge in [0.1, 0.15) is 11.6 Å². The number of hydrogen-bond acceptors (Lipinski definition) is 2. The average molecular weight is 266 g/mol. The zero-order chi connectivity index (χ0) is 13.5. The predicted octanol–water partition coefficient (Wildman–Crippen LogP) is 3.71. The van der Waals surface area contributed by atoms with Crippen LogP contribution in [0.4, 0.5) is 20.2 Å². The smallest absolute Gasteiger partial charge is 0.149 e. The molecule has 104 valence electrons. The van der Waals surface area contributed by atoms with E-state index in [1.165, 1.54) is 44.6 Å². The van der Waals surface area contributed by atoms with Gasteiger partial charge in [0, 0.05) is 24.6 Å². The quantitative estimate of drug-likeness (QED) is 0.785. The van der Waals surface area contributed by atoms with E-state index in [9.17, 15) is 8.78 Å². The van der Waals surface area contributed by atoms with Crippen LogP contribution in [0.15, 0.2) is 12.1 Å². The molecule has 0 aromatic heterocycles. The summed E-state index contributed by atoms with van der Waals surface area (Å²) in [5.74, 6) is -1.18. The summed E-state index contributed by atoms with van der Waals surface area (Å²) in [5.41, 5.74) is 6.38. The van der Waals surface area contributed by atoms with Gasteiger partial charge < -0.3 is 10.6 Å². The third kappa shape index (κ3) is 2.28. The number of benzene rings is 1. The highest BCUT2D eigenvalue weighted by atomic mass is 19.1. The summed E-state index contributed by atoms with van der Waals surface area (Å²) in [6, 6.07) is 2.32. The van der Waals surface area contributed by atoms with Crippen LogP contribution in [-0.2, 0) is 0 Å². The van der Waals surface area contributed by atoms with Gasteiger partial charge in [-0.05, 0) is 18.9 Å². The molecule has 3 rings (SSSR count). The molecular formula is C15H20F2N2. The summed E-state index contributed by atoms with van der Waals surface area (Å²) in [4.78, 5) is 2.00. The van der Waals surface area contributed by atoms with Gasteiger partial charge in [-0.1, -0.05) is 25.7 Å². The summed E-state index contributed by atoms with van der Waals surface area (Å²) >= 11 is 0. The summed E-state index contributed by atoms with van der Waals surface area (Å²) in [7, 11) is 0.